The van der Waals surface area contributed by atoms with Crippen molar-refractivity contribution >= 4 is 16.8 Å². The summed E-state index contributed by atoms with van der Waals surface area (Å²) >= 11 is 0. The molecule has 2 aromatic rings. The van der Waals surface area contributed by atoms with Gasteiger partial charge in [0.2, 0.25) is 5.91 Å². The largest absolute Gasteiger partial charge is 0.497 e. The second-order valence-electron chi connectivity index (χ2n) is 9.66. The van der Waals surface area contributed by atoms with Crippen molar-refractivity contribution in [2.45, 2.75) is 64.7 Å². The number of nitrogens with zero attached hydrogens (tertiary/aromatic N) is 2. The maximum absolute atomic E-state index is 13.6. The zero-order chi connectivity index (χ0) is 22.1. The average Bonchev–Trinajstić information content (AvgIpc) is 3.16. The highest BCUT2D eigenvalue weighted by Gasteiger charge is 2.37. The molecule has 3 unspecified atom stereocenters. The maximum Gasteiger partial charge on any atom is 0.240 e. The highest BCUT2D eigenvalue weighted by atomic mass is 16.5. The predicted molar refractivity (Wildman–Crippen MR) is 124 cm³/mol. The molecule has 0 saturated carbocycles. The van der Waals surface area contributed by atoms with E-state index in [1.807, 2.05) is 6.07 Å². The van der Waals surface area contributed by atoms with Crippen LogP contribution in [0.5, 0.6) is 5.75 Å². The van der Waals surface area contributed by atoms with Crippen LogP contribution in [0.3, 0.4) is 0 Å². The number of nitrogens with one attached hydrogen (secondary N) is 1. The first kappa shape index (κ1) is 22.2. The van der Waals surface area contributed by atoms with E-state index in [9.17, 15) is 4.79 Å². The fraction of sp³-hybridized carbons (Fsp3) is 0.640. The number of hydrogen-bond acceptors (Lipinski definition) is 4. The molecule has 2 fully saturated rings. The van der Waals surface area contributed by atoms with E-state index in [1.54, 1.807) is 7.11 Å². The van der Waals surface area contributed by atoms with Crippen molar-refractivity contribution in [3.05, 3.63) is 30.0 Å². The summed E-state index contributed by atoms with van der Waals surface area (Å²) in [6.07, 6.45) is 4.47. The molecule has 2 saturated heterocycles. The number of carbonyl (C=O) groups excluding carboxylic acids is 1. The Morgan fingerprint density at radius 3 is 2.45 bits per heavy atom. The van der Waals surface area contributed by atoms with Crippen LogP contribution in [0.4, 0.5) is 0 Å². The summed E-state index contributed by atoms with van der Waals surface area (Å²) in [7, 11) is 1.71. The average molecular weight is 428 g/mol. The van der Waals surface area contributed by atoms with Gasteiger partial charge in [0.15, 0.2) is 0 Å². The van der Waals surface area contributed by atoms with Crippen LogP contribution in [0.1, 0.15) is 52.0 Å². The van der Waals surface area contributed by atoms with Gasteiger partial charge in [-0.05, 0) is 62.3 Å². The molecular formula is C25H37N3O3. The van der Waals surface area contributed by atoms with Crippen molar-refractivity contribution in [1.82, 2.24) is 14.8 Å². The molecule has 0 spiro atoms. The molecule has 31 heavy (non-hydrogen) atoms. The lowest BCUT2D eigenvalue weighted by Gasteiger charge is -2.43. The second-order valence-corrected chi connectivity index (χ2v) is 9.66. The summed E-state index contributed by atoms with van der Waals surface area (Å²) in [6, 6.07) is 6.12. The number of aromatic nitrogens is 1. The van der Waals surface area contributed by atoms with Gasteiger partial charge in [-0.3, -0.25) is 9.69 Å². The lowest BCUT2D eigenvalue weighted by Crippen LogP contribution is -2.58. The number of methoxy groups -OCH3 is 1. The molecule has 3 atom stereocenters. The number of hydrogen-bond donors (Lipinski definition) is 1. The van der Waals surface area contributed by atoms with Crippen molar-refractivity contribution in [3.63, 3.8) is 0 Å². The molecule has 0 radical (unpaired) electrons. The van der Waals surface area contributed by atoms with Gasteiger partial charge in [0, 0.05) is 43.3 Å². The zero-order valence-electron chi connectivity index (χ0n) is 19.6. The fourth-order valence-electron chi connectivity index (χ4n) is 5.49. The van der Waals surface area contributed by atoms with Gasteiger partial charge >= 0.3 is 0 Å². The molecule has 6 heteroatoms. The number of amides is 1. The van der Waals surface area contributed by atoms with Crippen LogP contribution in [0.25, 0.3) is 10.9 Å². The maximum atomic E-state index is 13.6. The molecule has 4 rings (SSSR count). The minimum Gasteiger partial charge on any atom is -0.497 e. The van der Waals surface area contributed by atoms with Crippen LogP contribution in [0.2, 0.25) is 0 Å². The Morgan fingerprint density at radius 1 is 1.16 bits per heavy atom. The molecule has 1 aromatic carbocycles. The summed E-state index contributed by atoms with van der Waals surface area (Å²) < 4.78 is 11.3. The van der Waals surface area contributed by atoms with Crippen LogP contribution in [-0.4, -0.2) is 72.2 Å². The number of ether oxygens (including phenoxy) is 2. The molecule has 3 heterocycles. The third-order valence-corrected chi connectivity index (χ3v) is 6.89. The molecule has 6 nitrogen and oxygen atoms in total. The van der Waals surface area contributed by atoms with Crippen molar-refractivity contribution in [2.24, 2.45) is 5.92 Å². The van der Waals surface area contributed by atoms with Crippen LogP contribution < -0.4 is 4.74 Å². The Morgan fingerprint density at radius 2 is 1.84 bits per heavy atom. The molecule has 2 aliphatic heterocycles. The summed E-state index contributed by atoms with van der Waals surface area (Å²) in [6.45, 7) is 11.8. The quantitative estimate of drug-likeness (QED) is 0.783. The first-order chi connectivity index (χ1) is 14.9. The molecule has 2 aliphatic rings. The van der Waals surface area contributed by atoms with Crippen molar-refractivity contribution in [1.29, 1.82) is 0 Å². The SMILES string of the molecule is COc1ccc2[nH]cc(C3CCN(C(=O)C(C(C)C)N4CC(C)OC(C)C4)CC3)c2c1. The molecule has 0 aliphatic carbocycles. The Kier molecular flexibility index (Phi) is 6.58. The first-order valence-electron chi connectivity index (χ1n) is 11.7. The number of benzene rings is 1. The third kappa shape index (κ3) is 4.60. The molecule has 1 amide bonds. The number of aromatic amines is 1. The van der Waals surface area contributed by atoms with Crippen LogP contribution >= 0.6 is 0 Å². The second kappa shape index (κ2) is 9.21. The Bertz CT molecular complexity index is 891. The number of morpholine rings is 1. The van der Waals surface area contributed by atoms with Gasteiger partial charge in [0.25, 0.3) is 0 Å². The van der Waals surface area contributed by atoms with Crippen molar-refractivity contribution < 1.29 is 14.3 Å². The number of H-pyrrole nitrogens is 1. The van der Waals surface area contributed by atoms with E-state index in [4.69, 9.17) is 9.47 Å². The smallest absolute Gasteiger partial charge is 0.240 e. The highest BCUT2D eigenvalue weighted by Crippen LogP contribution is 2.35. The number of carbonyl (C=O) groups is 1. The third-order valence-electron chi connectivity index (χ3n) is 6.89. The predicted octanol–water partition coefficient (Wildman–Crippen LogP) is 4.02. The lowest BCUT2D eigenvalue weighted by molar-refractivity contribution is -0.146. The van der Waals surface area contributed by atoms with Crippen LogP contribution in [0, 0.1) is 5.92 Å². The van der Waals surface area contributed by atoms with E-state index in [-0.39, 0.29) is 30.1 Å². The van der Waals surface area contributed by atoms with Crippen LogP contribution in [0.15, 0.2) is 24.4 Å². The van der Waals surface area contributed by atoms with E-state index < -0.39 is 0 Å². The Balaban J connectivity index is 1.44. The summed E-state index contributed by atoms with van der Waals surface area (Å²) in [4.78, 5) is 21.4. The molecule has 1 aromatic heterocycles. The van der Waals surface area contributed by atoms with E-state index in [1.165, 1.54) is 10.9 Å². The van der Waals surface area contributed by atoms with Gasteiger partial charge in [-0.2, -0.15) is 0 Å². The topological polar surface area (TPSA) is 57.8 Å². The zero-order valence-corrected chi connectivity index (χ0v) is 19.6. The minimum absolute atomic E-state index is 0.0669. The molecule has 0 bridgehead atoms. The number of piperidine rings is 1. The normalized spacial score (nSPS) is 24.6. The van der Waals surface area contributed by atoms with Gasteiger partial charge in [-0.15, -0.1) is 0 Å². The van der Waals surface area contributed by atoms with Gasteiger partial charge in [0.1, 0.15) is 5.75 Å². The Labute approximate surface area is 185 Å². The number of fused-ring (bicyclic) bond motifs is 1. The van der Waals surface area contributed by atoms with Gasteiger partial charge in [0.05, 0.1) is 25.4 Å². The molecule has 1 N–H and O–H groups in total. The Hall–Kier alpha value is -2.05. The van der Waals surface area contributed by atoms with Crippen molar-refractivity contribution in [3.8, 4) is 5.75 Å². The first-order valence-corrected chi connectivity index (χ1v) is 11.7. The molecule has 170 valence electrons. The van der Waals surface area contributed by atoms with Crippen LogP contribution in [-0.2, 0) is 9.53 Å². The van der Waals surface area contributed by atoms with E-state index in [0.717, 1.165) is 50.3 Å². The van der Waals surface area contributed by atoms with E-state index in [0.29, 0.717) is 5.92 Å². The summed E-state index contributed by atoms with van der Waals surface area (Å²) in [5, 5.41) is 1.24. The number of rotatable bonds is 5. The summed E-state index contributed by atoms with van der Waals surface area (Å²) in [5.74, 6) is 1.92. The highest BCUT2D eigenvalue weighted by molar-refractivity contribution is 5.85. The van der Waals surface area contributed by atoms with Gasteiger partial charge in [-0.1, -0.05) is 13.8 Å². The van der Waals surface area contributed by atoms with Crippen molar-refractivity contribution in [2.75, 3.05) is 33.3 Å². The summed E-state index contributed by atoms with van der Waals surface area (Å²) in [5.41, 5.74) is 2.49. The van der Waals surface area contributed by atoms with Gasteiger partial charge in [-0.25, -0.2) is 0 Å². The standard InChI is InChI=1S/C25H37N3O3/c1-16(2)24(28-14-17(3)31-18(4)15-28)25(29)27-10-8-19(9-11-27)22-13-26-23-7-6-20(30-5)12-21(22)23/h6-7,12-13,16-19,24,26H,8-11,14-15H2,1-5H3. The lowest BCUT2D eigenvalue weighted by atomic mass is 9.88. The van der Waals surface area contributed by atoms with E-state index in [2.05, 4.69) is 60.8 Å². The van der Waals surface area contributed by atoms with Gasteiger partial charge < -0.3 is 19.4 Å². The minimum atomic E-state index is -0.0669. The molecular weight excluding hydrogens is 390 g/mol. The monoisotopic (exact) mass is 427 g/mol. The van der Waals surface area contributed by atoms with E-state index >= 15 is 0 Å². The number of likely N-dealkylation sites (tertiary alicyclic amines) is 1. The fourth-order valence-corrected chi connectivity index (χ4v) is 5.49.